The maximum atomic E-state index is 8.86. The Bertz CT molecular complexity index is 92.2. The Labute approximate surface area is 69.6 Å². The van der Waals surface area contributed by atoms with Gasteiger partial charge in [-0.2, -0.15) is 0 Å². The molecule has 2 heteroatoms. The second kappa shape index (κ2) is 4.73. The first-order valence-electron chi connectivity index (χ1n) is 4.17. The van der Waals surface area contributed by atoms with Gasteiger partial charge in [0.15, 0.2) is 0 Å². The van der Waals surface area contributed by atoms with Gasteiger partial charge in [0.2, 0.25) is 0 Å². The van der Waals surface area contributed by atoms with E-state index in [1.54, 1.807) is 6.92 Å². The summed E-state index contributed by atoms with van der Waals surface area (Å²) in [5.41, 5.74) is 0.332. The molecule has 0 aliphatic rings. The molecular weight excluding hydrogens is 140 g/mol. The fourth-order valence-electron chi connectivity index (χ4n) is 0.632. The first-order chi connectivity index (χ1) is 4.92. The molecule has 0 aromatic heterocycles. The minimum Gasteiger partial charge on any atom is -0.391 e. The molecule has 0 saturated heterocycles. The fraction of sp³-hybridized carbons (Fsp3) is 1.00. The van der Waals surface area contributed by atoms with Crippen molar-refractivity contribution in [3.05, 3.63) is 0 Å². The van der Waals surface area contributed by atoms with Crippen molar-refractivity contribution in [2.24, 2.45) is 5.41 Å². The molecule has 0 rings (SSSR count). The van der Waals surface area contributed by atoms with Crippen molar-refractivity contribution >= 4 is 0 Å². The molecule has 1 N–H and O–H groups in total. The lowest BCUT2D eigenvalue weighted by atomic mass is 9.93. The van der Waals surface area contributed by atoms with E-state index in [0.717, 1.165) is 13.0 Å². The molecule has 1 unspecified atom stereocenters. The molecule has 0 aromatic carbocycles. The van der Waals surface area contributed by atoms with Crippen LogP contribution in [0, 0.1) is 5.41 Å². The Morgan fingerprint density at radius 2 is 1.91 bits per heavy atom. The molecule has 11 heavy (non-hydrogen) atoms. The van der Waals surface area contributed by atoms with Crippen LogP contribution in [-0.2, 0) is 4.74 Å². The Hall–Kier alpha value is -0.0800. The van der Waals surface area contributed by atoms with E-state index in [9.17, 15) is 0 Å². The summed E-state index contributed by atoms with van der Waals surface area (Å²) < 4.78 is 5.22. The van der Waals surface area contributed by atoms with Crippen molar-refractivity contribution in [3.63, 3.8) is 0 Å². The lowest BCUT2D eigenvalue weighted by Crippen LogP contribution is -2.14. The minimum absolute atomic E-state index is 0.332. The van der Waals surface area contributed by atoms with Gasteiger partial charge in [0.25, 0.3) is 0 Å². The van der Waals surface area contributed by atoms with Gasteiger partial charge < -0.3 is 9.84 Å². The number of hydrogen-bond donors (Lipinski definition) is 1. The Balaban J connectivity index is 3.15. The van der Waals surface area contributed by atoms with Crippen molar-refractivity contribution in [2.45, 2.75) is 40.2 Å². The number of aliphatic hydroxyl groups is 1. The predicted molar refractivity (Wildman–Crippen MR) is 46.6 cm³/mol. The summed E-state index contributed by atoms with van der Waals surface area (Å²) in [5.74, 6) is 0. The first kappa shape index (κ1) is 10.9. The van der Waals surface area contributed by atoms with Gasteiger partial charge in [-0.15, -0.1) is 0 Å². The average molecular weight is 160 g/mol. The van der Waals surface area contributed by atoms with Crippen LogP contribution in [0.5, 0.6) is 0 Å². The molecule has 2 nitrogen and oxygen atoms in total. The Morgan fingerprint density at radius 3 is 2.27 bits per heavy atom. The third-order valence-electron chi connectivity index (χ3n) is 1.36. The van der Waals surface area contributed by atoms with Gasteiger partial charge >= 0.3 is 0 Å². The topological polar surface area (TPSA) is 29.5 Å². The molecule has 68 valence electrons. The van der Waals surface area contributed by atoms with Crippen molar-refractivity contribution in [1.82, 2.24) is 0 Å². The molecule has 1 atom stereocenters. The van der Waals surface area contributed by atoms with E-state index < -0.39 is 0 Å². The van der Waals surface area contributed by atoms with Crippen LogP contribution in [0.1, 0.15) is 34.1 Å². The zero-order valence-corrected chi connectivity index (χ0v) is 8.05. The van der Waals surface area contributed by atoms with Crippen molar-refractivity contribution in [1.29, 1.82) is 0 Å². The van der Waals surface area contributed by atoms with Crippen LogP contribution in [0.2, 0.25) is 0 Å². The van der Waals surface area contributed by atoms with E-state index in [-0.39, 0.29) is 6.10 Å². The number of hydrogen-bond acceptors (Lipinski definition) is 2. The molecule has 0 bridgehead atoms. The highest BCUT2D eigenvalue weighted by Gasteiger charge is 2.09. The van der Waals surface area contributed by atoms with E-state index in [2.05, 4.69) is 20.8 Å². The number of ether oxygens (including phenoxy) is 1. The van der Waals surface area contributed by atoms with Gasteiger partial charge in [0.05, 0.1) is 12.7 Å². The van der Waals surface area contributed by atoms with E-state index in [0.29, 0.717) is 12.0 Å². The number of rotatable bonds is 4. The second-order valence-electron chi connectivity index (χ2n) is 4.23. The average Bonchev–Trinajstić information content (AvgIpc) is 1.78. The third-order valence-corrected chi connectivity index (χ3v) is 1.36. The predicted octanol–water partition coefficient (Wildman–Crippen LogP) is 1.82. The van der Waals surface area contributed by atoms with E-state index in [1.807, 2.05) is 0 Å². The highest BCUT2D eigenvalue weighted by Crippen LogP contribution is 2.17. The van der Waals surface area contributed by atoms with Gasteiger partial charge in [-0.1, -0.05) is 20.8 Å². The summed E-state index contributed by atoms with van der Waals surface area (Å²) in [5, 5.41) is 8.86. The standard InChI is InChI=1S/C9H20O2/c1-8(10)7-11-6-5-9(2,3)4/h8,10H,5-7H2,1-4H3. The van der Waals surface area contributed by atoms with Gasteiger partial charge in [-0.05, 0) is 18.8 Å². The molecule has 0 aliphatic carbocycles. The quantitative estimate of drug-likeness (QED) is 0.636. The van der Waals surface area contributed by atoms with E-state index in [1.165, 1.54) is 0 Å². The van der Waals surface area contributed by atoms with Gasteiger partial charge in [-0.25, -0.2) is 0 Å². The summed E-state index contributed by atoms with van der Waals surface area (Å²) in [6.45, 7) is 9.47. The Kier molecular flexibility index (Phi) is 4.69. The monoisotopic (exact) mass is 160 g/mol. The molecule has 0 saturated carbocycles. The van der Waals surface area contributed by atoms with Gasteiger partial charge in [0.1, 0.15) is 0 Å². The highest BCUT2D eigenvalue weighted by molar-refractivity contribution is 4.60. The summed E-state index contributed by atoms with van der Waals surface area (Å²) in [7, 11) is 0. The normalized spacial score (nSPS) is 15.0. The fourth-order valence-corrected chi connectivity index (χ4v) is 0.632. The molecular formula is C9H20O2. The molecule has 0 fully saturated rings. The lowest BCUT2D eigenvalue weighted by molar-refractivity contribution is 0.0355. The van der Waals surface area contributed by atoms with Crippen molar-refractivity contribution < 1.29 is 9.84 Å². The molecule has 0 amide bonds. The maximum Gasteiger partial charge on any atom is 0.0745 e. The molecule has 0 aromatic rings. The van der Waals surface area contributed by atoms with Gasteiger partial charge in [-0.3, -0.25) is 0 Å². The molecule has 0 spiro atoms. The van der Waals surface area contributed by atoms with Crippen LogP contribution >= 0.6 is 0 Å². The largest absolute Gasteiger partial charge is 0.391 e. The second-order valence-corrected chi connectivity index (χ2v) is 4.23. The molecule has 0 aliphatic heterocycles. The lowest BCUT2D eigenvalue weighted by Gasteiger charge is -2.17. The first-order valence-corrected chi connectivity index (χ1v) is 4.17. The SMILES string of the molecule is CC(O)COCCC(C)(C)C. The van der Waals surface area contributed by atoms with Crippen LogP contribution in [0.4, 0.5) is 0 Å². The Morgan fingerprint density at radius 1 is 1.36 bits per heavy atom. The van der Waals surface area contributed by atoms with Crippen LogP contribution < -0.4 is 0 Å². The van der Waals surface area contributed by atoms with Crippen LogP contribution in [0.25, 0.3) is 0 Å². The summed E-state index contributed by atoms with van der Waals surface area (Å²) in [4.78, 5) is 0. The zero-order valence-electron chi connectivity index (χ0n) is 8.05. The van der Waals surface area contributed by atoms with E-state index >= 15 is 0 Å². The summed E-state index contributed by atoms with van der Waals surface area (Å²) in [6, 6.07) is 0. The van der Waals surface area contributed by atoms with Crippen LogP contribution in [0.15, 0.2) is 0 Å². The van der Waals surface area contributed by atoms with E-state index in [4.69, 9.17) is 9.84 Å². The molecule has 0 radical (unpaired) electrons. The smallest absolute Gasteiger partial charge is 0.0745 e. The summed E-state index contributed by atoms with van der Waals surface area (Å²) >= 11 is 0. The van der Waals surface area contributed by atoms with Crippen LogP contribution in [0.3, 0.4) is 0 Å². The highest BCUT2D eigenvalue weighted by atomic mass is 16.5. The number of aliphatic hydroxyl groups excluding tert-OH is 1. The van der Waals surface area contributed by atoms with Crippen molar-refractivity contribution in [2.75, 3.05) is 13.2 Å². The van der Waals surface area contributed by atoms with Crippen molar-refractivity contribution in [3.8, 4) is 0 Å². The third kappa shape index (κ3) is 9.92. The minimum atomic E-state index is -0.338. The van der Waals surface area contributed by atoms with Crippen LogP contribution in [-0.4, -0.2) is 24.4 Å². The van der Waals surface area contributed by atoms with Gasteiger partial charge in [0, 0.05) is 6.61 Å². The summed E-state index contributed by atoms with van der Waals surface area (Å²) in [6.07, 6.45) is 0.703. The zero-order chi connectivity index (χ0) is 8.91. The maximum absolute atomic E-state index is 8.86. The molecule has 0 heterocycles.